The summed E-state index contributed by atoms with van der Waals surface area (Å²) in [5, 5.41) is 13.7. The Morgan fingerprint density at radius 1 is 1.22 bits per heavy atom. The van der Waals surface area contributed by atoms with Crippen molar-refractivity contribution in [1.29, 1.82) is 0 Å². The molecule has 3 aromatic heterocycles. The Hall–Kier alpha value is -3.30. The molecule has 5 rings (SSSR count). The van der Waals surface area contributed by atoms with E-state index in [0.717, 1.165) is 47.1 Å². The summed E-state index contributed by atoms with van der Waals surface area (Å²) in [6.45, 7) is 6.20. The molecule has 0 aromatic carbocycles. The van der Waals surface area contributed by atoms with Crippen molar-refractivity contribution in [3.8, 4) is 23.7 Å². The summed E-state index contributed by atoms with van der Waals surface area (Å²) < 4.78 is 5.57. The van der Waals surface area contributed by atoms with Crippen LogP contribution >= 0.6 is 11.3 Å². The van der Waals surface area contributed by atoms with Gasteiger partial charge in [0.1, 0.15) is 16.5 Å². The third-order valence-electron chi connectivity index (χ3n) is 6.47. The molecule has 5 heterocycles. The summed E-state index contributed by atoms with van der Waals surface area (Å²) in [5.41, 5.74) is 0.871. The highest BCUT2D eigenvalue weighted by Gasteiger charge is 2.26. The standard InChI is InChI=1S/C25H29N7O3S/c1-3-20(33)25(34)32-8-6-30(7-9-32)16-18-14-19-23(31-10-12-35-13-11-31)28-22(29-24(19)36-18)17-4-5-21(26-2)27-15-17/h1,4-5,14-15,20,33H,6-13,16H2,2H3,(H,26,27)/t20-/m0/s1. The molecule has 11 heteroatoms. The number of pyridine rings is 1. The molecule has 2 aliphatic rings. The molecule has 3 aromatic rings. The predicted octanol–water partition coefficient (Wildman–Crippen LogP) is 1.27. The first-order valence-corrected chi connectivity index (χ1v) is 12.8. The van der Waals surface area contributed by atoms with Crippen LogP contribution in [0.1, 0.15) is 4.88 Å². The van der Waals surface area contributed by atoms with E-state index in [0.29, 0.717) is 45.2 Å². The fourth-order valence-electron chi connectivity index (χ4n) is 4.44. The van der Waals surface area contributed by atoms with Crippen molar-refractivity contribution in [2.24, 2.45) is 0 Å². The smallest absolute Gasteiger partial charge is 0.264 e. The lowest BCUT2D eigenvalue weighted by Gasteiger charge is -2.34. The Morgan fingerprint density at radius 3 is 2.67 bits per heavy atom. The lowest BCUT2D eigenvalue weighted by atomic mass is 10.2. The van der Waals surface area contributed by atoms with Gasteiger partial charge in [-0.1, -0.05) is 5.92 Å². The molecule has 1 atom stereocenters. The van der Waals surface area contributed by atoms with E-state index in [2.05, 4.69) is 32.1 Å². The number of aliphatic hydroxyl groups excluding tert-OH is 1. The molecular formula is C25H29N7O3S. The van der Waals surface area contributed by atoms with Crippen LogP contribution in [0.15, 0.2) is 24.4 Å². The normalized spacial score (nSPS) is 17.7. The van der Waals surface area contributed by atoms with E-state index >= 15 is 0 Å². The van der Waals surface area contributed by atoms with Crippen molar-refractivity contribution in [3.63, 3.8) is 0 Å². The minimum Gasteiger partial charge on any atom is -0.378 e. The summed E-state index contributed by atoms with van der Waals surface area (Å²) in [6, 6.07) is 6.09. The predicted molar refractivity (Wildman–Crippen MR) is 140 cm³/mol. The van der Waals surface area contributed by atoms with E-state index in [9.17, 15) is 9.90 Å². The fourth-order valence-corrected chi connectivity index (χ4v) is 5.51. The summed E-state index contributed by atoms with van der Waals surface area (Å²) in [6.07, 6.45) is 5.62. The van der Waals surface area contributed by atoms with Gasteiger partial charge in [-0.15, -0.1) is 17.8 Å². The van der Waals surface area contributed by atoms with Crippen molar-refractivity contribution in [1.82, 2.24) is 24.8 Å². The number of morpholine rings is 1. The number of carbonyl (C=O) groups excluding carboxylic acids is 1. The van der Waals surface area contributed by atoms with Crippen LogP contribution in [0.4, 0.5) is 11.6 Å². The molecule has 2 N–H and O–H groups in total. The van der Waals surface area contributed by atoms with Crippen LogP contribution < -0.4 is 10.2 Å². The number of fused-ring (bicyclic) bond motifs is 1. The van der Waals surface area contributed by atoms with Gasteiger partial charge in [0.15, 0.2) is 11.9 Å². The maximum absolute atomic E-state index is 12.2. The number of carbonyl (C=O) groups is 1. The number of ether oxygens (including phenoxy) is 1. The molecule has 10 nitrogen and oxygen atoms in total. The molecule has 0 spiro atoms. The molecule has 0 aliphatic carbocycles. The number of piperazine rings is 1. The number of terminal acetylenes is 1. The van der Waals surface area contributed by atoms with Crippen molar-refractivity contribution < 1.29 is 14.6 Å². The Kier molecular flexibility index (Phi) is 7.29. The highest BCUT2D eigenvalue weighted by atomic mass is 32.1. The number of anilines is 2. The Bertz CT molecular complexity index is 1260. The van der Waals surface area contributed by atoms with Crippen molar-refractivity contribution >= 4 is 39.1 Å². The average molecular weight is 508 g/mol. The maximum Gasteiger partial charge on any atom is 0.264 e. The molecule has 2 saturated heterocycles. The third kappa shape index (κ3) is 5.12. The SMILES string of the molecule is C#C[C@H](O)C(=O)N1CCN(Cc2cc3c(N4CCOCC4)nc(-c4ccc(NC)nc4)nc3s2)CC1. The lowest BCUT2D eigenvalue weighted by Crippen LogP contribution is -2.50. The van der Waals surface area contributed by atoms with E-state index in [-0.39, 0.29) is 0 Å². The van der Waals surface area contributed by atoms with Crippen LogP contribution in [0.2, 0.25) is 0 Å². The molecule has 0 saturated carbocycles. The second-order valence-corrected chi connectivity index (χ2v) is 9.87. The van der Waals surface area contributed by atoms with Crippen LogP contribution in [-0.2, 0) is 16.1 Å². The number of hydrogen-bond donors (Lipinski definition) is 2. The number of hydrogen-bond acceptors (Lipinski definition) is 10. The monoisotopic (exact) mass is 507 g/mol. The Balaban J connectivity index is 1.39. The first-order valence-electron chi connectivity index (χ1n) is 12.0. The van der Waals surface area contributed by atoms with E-state index < -0.39 is 12.0 Å². The lowest BCUT2D eigenvalue weighted by molar-refractivity contribution is -0.139. The Labute approximate surface area is 213 Å². The zero-order chi connectivity index (χ0) is 25.1. The first-order chi connectivity index (χ1) is 17.6. The molecule has 0 unspecified atom stereocenters. The minimum absolute atomic E-state index is 0.394. The number of rotatable bonds is 6. The van der Waals surface area contributed by atoms with Gasteiger partial charge in [0.2, 0.25) is 0 Å². The molecule has 1 amide bonds. The summed E-state index contributed by atoms with van der Waals surface area (Å²) >= 11 is 1.67. The second kappa shape index (κ2) is 10.8. The molecule has 188 valence electrons. The van der Waals surface area contributed by atoms with Gasteiger partial charge in [-0.05, 0) is 18.2 Å². The van der Waals surface area contributed by atoms with Crippen molar-refractivity contribution in [2.45, 2.75) is 12.6 Å². The number of amides is 1. The molecule has 0 radical (unpaired) electrons. The Morgan fingerprint density at radius 2 is 2.00 bits per heavy atom. The number of nitrogens with one attached hydrogen (secondary N) is 1. The summed E-state index contributed by atoms with van der Waals surface area (Å²) in [7, 11) is 1.84. The van der Waals surface area contributed by atoms with E-state index in [4.69, 9.17) is 21.1 Å². The van der Waals surface area contributed by atoms with Gasteiger partial charge in [0.25, 0.3) is 5.91 Å². The van der Waals surface area contributed by atoms with Gasteiger partial charge in [0.05, 0.1) is 18.6 Å². The number of nitrogens with zero attached hydrogens (tertiary/aromatic N) is 6. The average Bonchev–Trinajstić information content (AvgIpc) is 3.35. The van der Waals surface area contributed by atoms with Crippen molar-refractivity contribution in [2.75, 3.05) is 69.7 Å². The largest absolute Gasteiger partial charge is 0.378 e. The number of aliphatic hydroxyl groups is 1. The van der Waals surface area contributed by atoms with E-state index in [1.807, 2.05) is 19.2 Å². The third-order valence-corrected chi connectivity index (χ3v) is 7.48. The van der Waals surface area contributed by atoms with Crippen LogP contribution in [0, 0.1) is 12.3 Å². The van der Waals surface area contributed by atoms with Crippen LogP contribution in [0.5, 0.6) is 0 Å². The second-order valence-electron chi connectivity index (χ2n) is 8.75. The van der Waals surface area contributed by atoms with E-state index in [1.54, 1.807) is 22.4 Å². The molecule has 0 bridgehead atoms. The van der Waals surface area contributed by atoms with Crippen molar-refractivity contribution in [3.05, 3.63) is 29.3 Å². The molecule has 2 aliphatic heterocycles. The zero-order valence-electron chi connectivity index (χ0n) is 20.2. The van der Waals surface area contributed by atoms with Gasteiger partial charge in [-0.25, -0.2) is 15.0 Å². The summed E-state index contributed by atoms with van der Waals surface area (Å²) in [4.78, 5) is 34.8. The number of aromatic nitrogens is 3. The zero-order valence-corrected chi connectivity index (χ0v) is 21.0. The number of thiophene rings is 1. The molecular weight excluding hydrogens is 478 g/mol. The molecule has 36 heavy (non-hydrogen) atoms. The highest BCUT2D eigenvalue weighted by molar-refractivity contribution is 7.18. The maximum atomic E-state index is 12.2. The van der Waals surface area contributed by atoms with Gasteiger partial charge < -0.3 is 25.0 Å². The minimum atomic E-state index is -1.37. The van der Waals surface area contributed by atoms with Gasteiger partial charge in [-0.2, -0.15) is 0 Å². The van der Waals surface area contributed by atoms with Crippen LogP contribution in [0.3, 0.4) is 0 Å². The van der Waals surface area contributed by atoms with E-state index in [1.165, 1.54) is 4.88 Å². The quantitative estimate of drug-likeness (QED) is 0.477. The highest BCUT2D eigenvalue weighted by Crippen LogP contribution is 2.34. The van der Waals surface area contributed by atoms with Gasteiger partial charge >= 0.3 is 0 Å². The van der Waals surface area contributed by atoms with Crippen LogP contribution in [-0.4, -0.2) is 101 Å². The van der Waals surface area contributed by atoms with Gasteiger partial charge in [-0.3, -0.25) is 9.69 Å². The van der Waals surface area contributed by atoms with Gasteiger partial charge in [0, 0.05) is 69.5 Å². The fraction of sp³-hybridized carbons (Fsp3) is 0.440. The first kappa shape index (κ1) is 24.4. The molecule has 2 fully saturated rings. The topological polar surface area (TPSA) is 107 Å². The van der Waals surface area contributed by atoms with Crippen LogP contribution in [0.25, 0.3) is 21.6 Å². The summed E-state index contributed by atoms with van der Waals surface area (Å²) in [5.74, 6) is 4.09.